The van der Waals surface area contributed by atoms with Crippen LogP contribution >= 0.6 is 0 Å². The highest BCUT2D eigenvalue weighted by Gasteiger charge is 2.35. The van der Waals surface area contributed by atoms with Gasteiger partial charge in [-0.05, 0) is 38.3 Å². The van der Waals surface area contributed by atoms with Crippen LogP contribution in [0.4, 0.5) is 0 Å². The summed E-state index contributed by atoms with van der Waals surface area (Å²) in [5, 5.41) is 4.05. The molecule has 23 heavy (non-hydrogen) atoms. The molecule has 2 aliphatic rings. The number of nitrogens with zero attached hydrogens (tertiary/aromatic N) is 2. The zero-order valence-corrected chi connectivity index (χ0v) is 13.5. The average Bonchev–Trinajstić information content (AvgIpc) is 3.26. The number of aryl methyl sites for hydroxylation is 2. The van der Waals surface area contributed by atoms with E-state index in [2.05, 4.69) is 5.16 Å². The summed E-state index contributed by atoms with van der Waals surface area (Å²) < 4.78 is 11.0. The van der Waals surface area contributed by atoms with E-state index in [9.17, 15) is 4.79 Å². The summed E-state index contributed by atoms with van der Waals surface area (Å²) in [6.45, 7) is 5.28. The molecule has 3 heterocycles. The molecule has 1 saturated heterocycles. The van der Waals surface area contributed by atoms with Crippen molar-refractivity contribution in [3.8, 4) is 5.75 Å². The van der Waals surface area contributed by atoms with E-state index in [4.69, 9.17) is 9.26 Å². The molecule has 0 aliphatic carbocycles. The zero-order valence-electron chi connectivity index (χ0n) is 13.5. The van der Waals surface area contributed by atoms with Gasteiger partial charge in [-0.3, -0.25) is 4.79 Å². The first-order chi connectivity index (χ1) is 11.2. The number of carbonyl (C=O) groups excluding carboxylic acids is 1. The standard InChI is InChI=1S/C18H20N2O3/c1-11-16(12(2)23-19-11)15-7-4-9-20(15)18(21)14-6-3-5-13-8-10-22-17(13)14/h3,5-6,15H,4,7-10H2,1-2H3/t15-/m1/s1. The van der Waals surface area contributed by atoms with Gasteiger partial charge >= 0.3 is 0 Å². The molecule has 1 atom stereocenters. The number of hydrogen-bond acceptors (Lipinski definition) is 4. The van der Waals surface area contributed by atoms with Gasteiger partial charge in [0, 0.05) is 18.5 Å². The number of carbonyl (C=O) groups is 1. The minimum absolute atomic E-state index is 0.0472. The Morgan fingerprint density at radius 2 is 2.22 bits per heavy atom. The number of hydrogen-bond donors (Lipinski definition) is 0. The quantitative estimate of drug-likeness (QED) is 0.854. The van der Waals surface area contributed by atoms with E-state index in [1.807, 2.05) is 36.9 Å². The number of para-hydroxylation sites is 1. The smallest absolute Gasteiger partial charge is 0.258 e. The topological polar surface area (TPSA) is 55.6 Å². The van der Waals surface area contributed by atoms with Crippen LogP contribution in [-0.4, -0.2) is 29.1 Å². The normalized spacial score (nSPS) is 19.7. The van der Waals surface area contributed by atoms with Crippen molar-refractivity contribution in [1.82, 2.24) is 10.1 Å². The molecule has 0 unspecified atom stereocenters. The van der Waals surface area contributed by atoms with Crippen LogP contribution in [0.3, 0.4) is 0 Å². The Morgan fingerprint density at radius 1 is 1.35 bits per heavy atom. The first kappa shape index (κ1) is 14.3. The van der Waals surface area contributed by atoms with Crippen molar-refractivity contribution >= 4 is 5.91 Å². The van der Waals surface area contributed by atoms with Crippen LogP contribution < -0.4 is 4.74 Å². The van der Waals surface area contributed by atoms with Crippen molar-refractivity contribution in [1.29, 1.82) is 0 Å². The van der Waals surface area contributed by atoms with Gasteiger partial charge in [-0.2, -0.15) is 0 Å². The second-order valence-corrected chi connectivity index (χ2v) is 6.29. The highest BCUT2D eigenvalue weighted by atomic mass is 16.5. The van der Waals surface area contributed by atoms with Gasteiger partial charge in [0.25, 0.3) is 5.91 Å². The molecule has 2 aromatic rings. The summed E-state index contributed by atoms with van der Waals surface area (Å²) in [5.74, 6) is 1.62. The fourth-order valence-corrected chi connectivity index (χ4v) is 3.81. The van der Waals surface area contributed by atoms with Crippen molar-refractivity contribution in [3.63, 3.8) is 0 Å². The van der Waals surface area contributed by atoms with Gasteiger partial charge in [-0.25, -0.2) is 0 Å². The molecule has 5 nitrogen and oxygen atoms in total. The van der Waals surface area contributed by atoms with Gasteiger partial charge in [0.2, 0.25) is 0 Å². The second-order valence-electron chi connectivity index (χ2n) is 6.29. The lowest BCUT2D eigenvalue weighted by atomic mass is 10.0. The third-order valence-corrected chi connectivity index (χ3v) is 4.88. The molecule has 5 heteroatoms. The van der Waals surface area contributed by atoms with Gasteiger partial charge in [0.05, 0.1) is 23.9 Å². The summed E-state index contributed by atoms with van der Waals surface area (Å²) in [6.07, 6.45) is 2.82. The van der Waals surface area contributed by atoms with Crippen LogP contribution in [0.2, 0.25) is 0 Å². The van der Waals surface area contributed by atoms with Crippen LogP contribution in [-0.2, 0) is 6.42 Å². The first-order valence-electron chi connectivity index (χ1n) is 8.15. The largest absolute Gasteiger partial charge is 0.492 e. The van der Waals surface area contributed by atoms with Crippen molar-refractivity contribution in [2.45, 2.75) is 39.2 Å². The number of amides is 1. The third-order valence-electron chi connectivity index (χ3n) is 4.88. The van der Waals surface area contributed by atoms with Gasteiger partial charge in [-0.1, -0.05) is 17.3 Å². The molecule has 1 aromatic carbocycles. The molecule has 4 rings (SSSR count). The van der Waals surface area contributed by atoms with Crippen LogP contribution in [0.25, 0.3) is 0 Å². The molecular weight excluding hydrogens is 292 g/mol. The van der Waals surface area contributed by atoms with E-state index in [0.29, 0.717) is 12.2 Å². The van der Waals surface area contributed by atoms with Crippen molar-refractivity contribution in [2.75, 3.05) is 13.2 Å². The van der Waals surface area contributed by atoms with Gasteiger partial charge in [0.1, 0.15) is 11.5 Å². The summed E-state index contributed by atoms with van der Waals surface area (Å²) in [7, 11) is 0. The predicted octanol–water partition coefficient (Wildman–Crippen LogP) is 3.20. The van der Waals surface area contributed by atoms with Crippen LogP contribution in [0.15, 0.2) is 22.7 Å². The Hall–Kier alpha value is -2.30. The Balaban J connectivity index is 1.70. The van der Waals surface area contributed by atoms with Crippen molar-refractivity contribution in [3.05, 3.63) is 46.3 Å². The Labute approximate surface area is 135 Å². The molecule has 0 N–H and O–H groups in total. The van der Waals surface area contributed by atoms with E-state index >= 15 is 0 Å². The maximum Gasteiger partial charge on any atom is 0.258 e. The number of fused-ring (bicyclic) bond motifs is 1. The Bertz CT molecular complexity index is 746. The molecule has 1 fully saturated rings. The van der Waals surface area contributed by atoms with E-state index in [0.717, 1.165) is 54.1 Å². The molecule has 0 bridgehead atoms. The lowest BCUT2D eigenvalue weighted by Crippen LogP contribution is -2.31. The summed E-state index contributed by atoms with van der Waals surface area (Å²) >= 11 is 0. The summed E-state index contributed by atoms with van der Waals surface area (Å²) in [6, 6.07) is 5.90. The zero-order chi connectivity index (χ0) is 16.0. The highest BCUT2D eigenvalue weighted by molar-refractivity contribution is 5.98. The Morgan fingerprint density at radius 3 is 3.00 bits per heavy atom. The second kappa shape index (κ2) is 5.41. The Kier molecular flexibility index (Phi) is 3.36. The van der Waals surface area contributed by atoms with E-state index < -0.39 is 0 Å². The maximum atomic E-state index is 13.1. The molecule has 1 amide bonds. The number of likely N-dealkylation sites (tertiary alicyclic amines) is 1. The minimum atomic E-state index is 0.0472. The van der Waals surface area contributed by atoms with Crippen LogP contribution in [0.1, 0.15) is 51.8 Å². The fourth-order valence-electron chi connectivity index (χ4n) is 3.81. The first-order valence-corrected chi connectivity index (χ1v) is 8.15. The SMILES string of the molecule is Cc1noc(C)c1[C@H]1CCCN1C(=O)c1cccc2c1OCC2. The van der Waals surface area contributed by atoms with E-state index in [1.165, 1.54) is 0 Å². The maximum absolute atomic E-state index is 13.1. The molecule has 1 aromatic heterocycles. The van der Waals surface area contributed by atoms with E-state index in [1.54, 1.807) is 0 Å². The number of benzene rings is 1. The minimum Gasteiger partial charge on any atom is -0.492 e. The molecular formula is C18H20N2O3. The van der Waals surface area contributed by atoms with Gasteiger partial charge in [-0.15, -0.1) is 0 Å². The molecule has 2 aliphatic heterocycles. The van der Waals surface area contributed by atoms with Crippen molar-refractivity contribution in [2.24, 2.45) is 0 Å². The highest BCUT2D eigenvalue weighted by Crippen LogP contribution is 2.38. The van der Waals surface area contributed by atoms with Gasteiger partial charge < -0.3 is 14.2 Å². The molecule has 120 valence electrons. The molecule has 0 spiro atoms. The molecule has 0 radical (unpaired) electrons. The lowest BCUT2D eigenvalue weighted by Gasteiger charge is -2.25. The van der Waals surface area contributed by atoms with Crippen molar-refractivity contribution < 1.29 is 14.1 Å². The van der Waals surface area contributed by atoms with E-state index in [-0.39, 0.29) is 11.9 Å². The summed E-state index contributed by atoms with van der Waals surface area (Å²) in [4.78, 5) is 15.1. The monoisotopic (exact) mass is 312 g/mol. The van der Waals surface area contributed by atoms with Crippen LogP contribution in [0.5, 0.6) is 5.75 Å². The number of aromatic nitrogens is 1. The molecule has 0 saturated carbocycles. The van der Waals surface area contributed by atoms with Gasteiger partial charge in [0.15, 0.2) is 0 Å². The van der Waals surface area contributed by atoms with Crippen LogP contribution in [0, 0.1) is 13.8 Å². The number of ether oxygens (including phenoxy) is 1. The predicted molar refractivity (Wildman–Crippen MR) is 84.6 cm³/mol. The lowest BCUT2D eigenvalue weighted by molar-refractivity contribution is 0.0731. The average molecular weight is 312 g/mol. The fraction of sp³-hybridized carbons (Fsp3) is 0.444. The third kappa shape index (κ3) is 2.22. The number of rotatable bonds is 2. The summed E-state index contributed by atoms with van der Waals surface area (Å²) in [5.41, 5.74) is 3.74.